The average molecular weight is 1030 g/mol. The molecule has 0 spiro atoms. The molecule has 0 radical (unpaired) electrons. The maximum absolute atomic E-state index is 10.7. The number of aromatic nitrogens is 4. The number of halogens is 6. The summed E-state index contributed by atoms with van der Waals surface area (Å²) >= 11 is 0. The number of nitrogens with zero attached hydrogens (tertiary/aromatic N) is 4. The second-order valence-electron chi connectivity index (χ2n) is 10.6. The average Bonchev–Trinajstić information content (AvgIpc) is 3.18. The van der Waals surface area contributed by atoms with Gasteiger partial charge in [-0.05, 0) is 48.5 Å². The maximum Gasteiger partial charge on any atom is 1.00 e. The molecule has 0 aliphatic heterocycles. The van der Waals surface area contributed by atoms with E-state index in [1.807, 2.05) is 122 Å². The molecule has 0 saturated carbocycles. The molecule has 0 aliphatic rings. The van der Waals surface area contributed by atoms with Crippen LogP contribution in [-0.4, -0.2) is 56.9 Å². The number of para-hydroxylation sites is 4. The summed E-state index contributed by atoms with van der Waals surface area (Å²) in [6.07, 6.45) is 7.23. The zero-order chi connectivity index (χ0) is 41.2. The zero-order valence-corrected chi connectivity index (χ0v) is 33.7. The van der Waals surface area contributed by atoms with Crippen LogP contribution in [0.4, 0.5) is 26.3 Å². The first-order valence-electron chi connectivity index (χ1n) is 15.6. The standard InChI is InChI=1S/4C9H7N.2CHF3O3S.2Ag/c4*1-2-6-9-8(4-1)5-3-7-10-9;2*2-1(3,4)8(5,6)7;;/h4*1-7H;2*(H,5,6,7);;/q;;;;;;2*+1/p-2. The Labute approximate surface area is 359 Å². The Morgan fingerprint density at radius 2 is 0.500 bits per heavy atom. The first-order valence-corrected chi connectivity index (χ1v) is 18.4. The van der Waals surface area contributed by atoms with Crippen molar-refractivity contribution in [1.82, 2.24) is 19.9 Å². The van der Waals surface area contributed by atoms with Gasteiger partial charge >= 0.3 is 55.8 Å². The molecule has 58 heavy (non-hydrogen) atoms. The van der Waals surface area contributed by atoms with Gasteiger partial charge in [-0.1, -0.05) is 97.1 Å². The molecule has 8 aromatic rings. The molecule has 8 rings (SSSR count). The van der Waals surface area contributed by atoms with Gasteiger partial charge in [0.1, 0.15) is 0 Å². The first kappa shape index (κ1) is 51.4. The van der Waals surface area contributed by atoms with Crippen molar-refractivity contribution in [2.75, 3.05) is 0 Å². The van der Waals surface area contributed by atoms with Crippen LogP contribution in [0.2, 0.25) is 0 Å². The van der Waals surface area contributed by atoms with E-state index in [1.165, 1.54) is 21.5 Å². The Morgan fingerprint density at radius 3 is 0.655 bits per heavy atom. The predicted molar refractivity (Wildman–Crippen MR) is 198 cm³/mol. The number of hydrogen-bond acceptors (Lipinski definition) is 10. The topological polar surface area (TPSA) is 166 Å². The van der Waals surface area contributed by atoms with Crippen LogP contribution in [0.25, 0.3) is 43.6 Å². The van der Waals surface area contributed by atoms with Gasteiger partial charge < -0.3 is 9.11 Å². The molecular formula is C38H28Ag2F6N4O6S2. The Hall–Kier alpha value is -4.60. The number of hydrogen-bond donors (Lipinski definition) is 0. The van der Waals surface area contributed by atoms with Gasteiger partial charge in [0.05, 0.1) is 22.1 Å². The van der Waals surface area contributed by atoms with Gasteiger partial charge in [0.2, 0.25) is 0 Å². The number of pyridine rings is 4. The van der Waals surface area contributed by atoms with Gasteiger partial charge in [0, 0.05) is 46.3 Å². The van der Waals surface area contributed by atoms with Gasteiger partial charge in [-0.25, -0.2) is 16.8 Å². The fraction of sp³-hybridized carbons (Fsp3) is 0.0526. The van der Waals surface area contributed by atoms with E-state index >= 15 is 0 Å². The van der Waals surface area contributed by atoms with E-state index in [4.69, 9.17) is 25.9 Å². The summed E-state index contributed by atoms with van der Waals surface area (Å²) in [5.74, 6) is 0. The molecule has 0 amide bonds. The summed E-state index contributed by atoms with van der Waals surface area (Å²) in [5, 5.41) is 4.80. The third-order valence-electron chi connectivity index (χ3n) is 6.62. The minimum absolute atomic E-state index is 0. The van der Waals surface area contributed by atoms with Crippen LogP contribution in [0.1, 0.15) is 0 Å². The van der Waals surface area contributed by atoms with Crippen molar-refractivity contribution in [2.45, 2.75) is 11.0 Å². The van der Waals surface area contributed by atoms with Gasteiger partial charge in [-0.3, -0.25) is 19.9 Å². The Bertz CT molecular complexity index is 2090. The quantitative estimate of drug-likeness (QED) is 0.0619. The summed E-state index contributed by atoms with van der Waals surface area (Å²) in [5.41, 5.74) is -7.05. The molecule has 0 bridgehead atoms. The summed E-state index contributed by atoms with van der Waals surface area (Å²) in [4.78, 5) is 16.7. The van der Waals surface area contributed by atoms with Crippen molar-refractivity contribution in [3.05, 3.63) is 170 Å². The summed E-state index contributed by atoms with van der Waals surface area (Å²) in [6, 6.07) is 48.3. The van der Waals surface area contributed by atoms with E-state index in [9.17, 15) is 26.3 Å². The fourth-order valence-electron chi connectivity index (χ4n) is 4.06. The third kappa shape index (κ3) is 17.9. The first-order chi connectivity index (χ1) is 26.4. The molecule has 0 atom stereocenters. The molecule has 4 aromatic heterocycles. The van der Waals surface area contributed by atoms with Gasteiger partial charge in [0.15, 0.2) is 20.2 Å². The number of alkyl halides is 6. The monoisotopic (exact) mass is 1030 g/mol. The van der Waals surface area contributed by atoms with Crippen LogP contribution in [0.15, 0.2) is 170 Å². The molecule has 0 aliphatic carbocycles. The Balaban J connectivity index is 0.000000347. The molecule has 0 N–H and O–H groups in total. The second kappa shape index (κ2) is 24.4. The van der Waals surface area contributed by atoms with E-state index in [-0.39, 0.29) is 44.8 Å². The predicted octanol–water partition coefficient (Wildman–Crippen LogP) is 9.04. The summed E-state index contributed by atoms with van der Waals surface area (Å²) in [6.45, 7) is 0. The molecule has 4 heterocycles. The van der Waals surface area contributed by atoms with Crippen LogP contribution in [-0.2, 0) is 65.0 Å². The molecular weight excluding hydrogens is 1000 g/mol. The molecule has 10 nitrogen and oxygen atoms in total. The smallest absolute Gasteiger partial charge is 0.741 e. The third-order valence-corrected chi connectivity index (χ3v) is 7.75. The largest absolute Gasteiger partial charge is 1.00 e. The van der Waals surface area contributed by atoms with E-state index in [2.05, 4.69) is 68.5 Å². The van der Waals surface area contributed by atoms with Crippen LogP contribution in [0, 0.1) is 0 Å². The van der Waals surface area contributed by atoms with Crippen LogP contribution >= 0.6 is 0 Å². The minimum Gasteiger partial charge on any atom is -0.741 e. The van der Waals surface area contributed by atoms with Crippen molar-refractivity contribution in [3.8, 4) is 0 Å². The van der Waals surface area contributed by atoms with Crippen molar-refractivity contribution < 1.29 is 97.0 Å². The number of benzene rings is 4. The van der Waals surface area contributed by atoms with Crippen LogP contribution in [0.3, 0.4) is 0 Å². The van der Waals surface area contributed by atoms with Gasteiger partial charge in [-0.15, -0.1) is 0 Å². The summed E-state index contributed by atoms with van der Waals surface area (Å²) < 4.78 is 118. The van der Waals surface area contributed by atoms with Crippen molar-refractivity contribution in [1.29, 1.82) is 0 Å². The summed E-state index contributed by atoms with van der Waals surface area (Å²) in [7, 11) is -12.2. The van der Waals surface area contributed by atoms with Crippen molar-refractivity contribution in [2.24, 2.45) is 0 Å². The Kier molecular flexibility index (Phi) is 21.6. The van der Waals surface area contributed by atoms with Crippen LogP contribution < -0.4 is 0 Å². The second-order valence-corrected chi connectivity index (χ2v) is 13.3. The van der Waals surface area contributed by atoms with Crippen molar-refractivity contribution >= 4 is 63.8 Å². The number of fused-ring (bicyclic) bond motifs is 4. The molecule has 4 aromatic carbocycles. The van der Waals surface area contributed by atoms with E-state index < -0.39 is 31.3 Å². The van der Waals surface area contributed by atoms with Gasteiger partial charge in [-0.2, -0.15) is 26.3 Å². The molecule has 0 fully saturated rings. The SMILES string of the molecule is O=S(=O)([O-])C(F)(F)F.O=S(=O)([O-])C(F)(F)F.[Ag+].[Ag+].c1ccc2ncccc2c1.c1ccc2ncccc2c1.c1ccc2ncccc2c1.c1ccc2ncccc2c1. The number of rotatable bonds is 0. The van der Waals surface area contributed by atoms with E-state index in [0.29, 0.717) is 0 Å². The van der Waals surface area contributed by atoms with E-state index in [0.717, 1.165) is 22.1 Å². The van der Waals surface area contributed by atoms with E-state index in [1.54, 1.807) is 0 Å². The normalized spacial score (nSPS) is 10.8. The molecule has 0 saturated heterocycles. The molecule has 312 valence electrons. The van der Waals surface area contributed by atoms with Crippen molar-refractivity contribution in [3.63, 3.8) is 0 Å². The fourth-order valence-corrected chi connectivity index (χ4v) is 4.06. The Morgan fingerprint density at radius 1 is 0.345 bits per heavy atom. The zero-order valence-electron chi connectivity index (χ0n) is 29.1. The molecule has 20 heteroatoms. The molecule has 0 unspecified atom stereocenters. The maximum atomic E-state index is 10.7. The van der Waals surface area contributed by atoms with Crippen LogP contribution in [0.5, 0.6) is 0 Å². The minimum atomic E-state index is -6.09. The van der Waals surface area contributed by atoms with Gasteiger partial charge in [0.25, 0.3) is 0 Å².